The number of aromatic nitrogens is 3. The third-order valence-corrected chi connectivity index (χ3v) is 2.18. The molecule has 0 saturated heterocycles. The summed E-state index contributed by atoms with van der Waals surface area (Å²) in [7, 11) is 0. The van der Waals surface area contributed by atoms with Gasteiger partial charge in [-0.1, -0.05) is 0 Å². The minimum absolute atomic E-state index is 0.0310. The van der Waals surface area contributed by atoms with Crippen molar-refractivity contribution in [1.29, 1.82) is 0 Å². The summed E-state index contributed by atoms with van der Waals surface area (Å²) in [6.45, 7) is 2.13. The summed E-state index contributed by atoms with van der Waals surface area (Å²) in [6, 6.07) is 1.48. The minimum atomic E-state index is -0.454. The van der Waals surface area contributed by atoms with Crippen LogP contribution in [0.3, 0.4) is 0 Å². The van der Waals surface area contributed by atoms with Gasteiger partial charge in [0.2, 0.25) is 5.82 Å². The van der Waals surface area contributed by atoms with Crippen molar-refractivity contribution >= 4 is 11.5 Å². The van der Waals surface area contributed by atoms with Crippen LogP contribution in [0.1, 0.15) is 11.4 Å². The molecule has 0 aliphatic rings. The number of H-pyrrole nitrogens is 1. The van der Waals surface area contributed by atoms with Gasteiger partial charge in [0.1, 0.15) is 5.82 Å². The Morgan fingerprint density at radius 3 is 3.00 bits per heavy atom. The molecule has 7 nitrogen and oxygen atoms in total. The van der Waals surface area contributed by atoms with Crippen molar-refractivity contribution in [2.45, 2.75) is 13.5 Å². The van der Waals surface area contributed by atoms with Gasteiger partial charge >= 0.3 is 5.69 Å². The van der Waals surface area contributed by atoms with Gasteiger partial charge < -0.3 is 10.3 Å². The Hall–Kier alpha value is -2.44. The Morgan fingerprint density at radius 2 is 2.35 bits per heavy atom. The fourth-order valence-corrected chi connectivity index (χ4v) is 1.39. The molecule has 0 aromatic carbocycles. The predicted octanol–water partition coefficient (Wildman–Crippen LogP) is 1.63. The van der Waals surface area contributed by atoms with Gasteiger partial charge in [-0.15, -0.1) is 0 Å². The molecule has 0 aliphatic heterocycles. The first-order chi connectivity index (χ1) is 8.16. The molecular weight excluding hydrogens is 222 g/mol. The summed E-state index contributed by atoms with van der Waals surface area (Å²) >= 11 is 0. The first-order valence-electron chi connectivity index (χ1n) is 5.00. The van der Waals surface area contributed by atoms with Crippen molar-refractivity contribution in [3.63, 3.8) is 0 Å². The number of nitro groups is 1. The lowest BCUT2D eigenvalue weighted by Gasteiger charge is -2.04. The van der Waals surface area contributed by atoms with Crippen molar-refractivity contribution in [1.82, 2.24) is 15.0 Å². The van der Waals surface area contributed by atoms with Crippen LogP contribution in [0.5, 0.6) is 0 Å². The Balaban J connectivity index is 2.17. The summed E-state index contributed by atoms with van der Waals surface area (Å²) in [5.74, 6) is 0.943. The van der Waals surface area contributed by atoms with E-state index in [1.165, 1.54) is 6.07 Å². The van der Waals surface area contributed by atoms with E-state index in [0.717, 1.165) is 5.56 Å². The number of pyridine rings is 1. The van der Waals surface area contributed by atoms with E-state index in [0.29, 0.717) is 12.4 Å². The normalized spacial score (nSPS) is 10.2. The van der Waals surface area contributed by atoms with Gasteiger partial charge in [0.25, 0.3) is 0 Å². The number of imidazole rings is 1. The Labute approximate surface area is 97.1 Å². The summed E-state index contributed by atoms with van der Waals surface area (Å²) in [5, 5.41) is 13.7. The highest BCUT2D eigenvalue weighted by Gasteiger charge is 2.15. The van der Waals surface area contributed by atoms with Crippen LogP contribution in [0, 0.1) is 17.0 Å². The van der Waals surface area contributed by atoms with Crippen LogP contribution >= 0.6 is 0 Å². The molecule has 2 N–H and O–H groups in total. The average molecular weight is 233 g/mol. The SMILES string of the molecule is Cc1cnc(NCc2ncc[nH]2)c([N+](=O)[O-])c1. The lowest BCUT2D eigenvalue weighted by molar-refractivity contribution is -0.384. The molecule has 7 heteroatoms. The van der Waals surface area contributed by atoms with Crippen LogP contribution in [-0.4, -0.2) is 19.9 Å². The van der Waals surface area contributed by atoms with E-state index in [1.807, 2.05) is 0 Å². The maximum atomic E-state index is 10.8. The quantitative estimate of drug-likeness (QED) is 0.618. The molecule has 2 heterocycles. The van der Waals surface area contributed by atoms with Gasteiger partial charge in [0.15, 0.2) is 0 Å². The van der Waals surface area contributed by atoms with Gasteiger partial charge in [-0.25, -0.2) is 9.97 Å². The van der Waals surface area contributed by atoms with E-state index >= 15 is 0 Å². The number of hydrogen-bond acceptors (Lipinski definition) is 5. The Bertz CT molecular complexity index is 523. The second-order valence-corrected chi connectivity index (χ2v) is 3.53. The first kappa shape index (κ1) is 11.1. The van der Waals surface area contributed by atoms with Crippen molar-refractivity contribution in [2.24, 2.45) is 0 Å². The first-order valence-corrected chi connectivity index (χ1v) is 5.00. The topological polar surface area (TPSA) is 96.7 Å². The van der Waals surface area contributed by atoms with E-state index in [1.54, 1.807) is 25.5 Å². The molecule has 88 valence electrons. The summed E-state index contributed by atoms with van der Waals surface area (Å²) in [6.07, 6.45) is 4.89. The number of nitrogens with one attached hydrogen (secondary N) is 2. The summed E-state index contributed by atoms with van der Waals surface area (Å²) in [5.41, 5.74) is 0.719. The highest BCUT2D eigenvalue weighted by molar-refractivity contribution is 5.56. The van der Waals surface area contributed by atoms with Gasteiger partial charge in [-0.2, -0.15) is 0 Å². The van der Waals surface area contributed by atoms with E-state index in [9.17, 15) is 10.1 Å². The zero-order chi connectivity index (χ0) is 12.3. The smallest absolute Gasteiger partial charge is 0.311 e. The van der Waals surface area contributed by atoms with E-state index in [4.69, 9.17) is 0 Å². The number of aryl methyl sites for hydroxylation is 1. The van der Waals surface area contributed by atoms with Gasteiger partial charge in [0.05, 0.1) is 11.5 Å². The molecule has 0 saturated carbocycles. The third-order valence-electron chi connectivity index (χ3n) is 2.18. The zero-order valence-corrected chi connectivity index (χ0v) is 9.17. The highest BCUT2D eigenvalue weighted by Crippen LogP contribution is 2.22. The molecule has 17 heavy (non-hydrogen) atoms. The molecule has 0 amide bonds. The largest absolute Gasteiger partial charge is 0.357 e. The molecule has 0 aliphatic carbocycles. The molecule has 2 aromatic heterocycles. The monoisotopic (exact) mass is 233 g/mol. The second kappa shape index (κ2) is 4.60. The van der Waals surface area contributed by atoms with Crippen LogP contribution < -0.4 is 5.32 Å². The fourth-order valence-electron chi connectivity index (χ4n) is 1.39. The van der Waals surface area contributed by atoms with Gasteiger partial charge in [0, 0.05) is 24.7 Å². The van der Waals surface area contributed by atoms with Crippen LogP contribution in [0.2, 0.25) is 0 Å². The lowest BCUT2D eigenvalue weighted by atomic mass is 10.3. The molecular formula is C10H11N5O2. The lowest BCUT2D eigenvalue weighted by Crippen LogP contribution is -2.06. The van der Waals surface area contributed by atoms with Gasteiger partial charge in [-0.05, 0) is 12.5 Å². The number of nitrogens with zero attached hydrogens (tertiary/aromatic N) is 3. The average Bonchev–Trinajstić information content (AvgIpc) is 2.80. The van der Waals surface area contributed by atoms with Gasteiger partial charge in [-0.3, -0.25) is 10.1 Å². The molecule has 0 spiro atoms. The predicted molar refractivity (Wildman–Crippen MR) is 61.5 cm³/mol. The van der Waals surface area contributed by atoms with Crippen LogP contribution in [0.25, 0.3) is 0 Å². The van der Waals surface area contributed by atoms with Crippen LogP contribution in [-0.2, 0) is 6.54 Å². The molecule has 2 rings (SSSR count). The number of hydrogen-bond donors (Lipinski definition) is 2. The molecule has 0 radical (unpaired) electrons. The Kier molecular flexibility index (Phi) is 2.99. The van der Waals surface area contributed by atoms with Crippen LogP contribution in [0.4, 0.5) is 11.5 Å². The van der Waals surface area contributed by atoms with Crippen molar-refractivity contribution in [3.8, 4) is 0 Å². The molecule has 2 aromatic rings. The van der Waals surface area contributed by atoms with E-state index in [2.05, 4.69) is 20.3 Å². The highest BCUT2D eigenvalue weighted by atomic mass is 16.6. The van der Waals surface area contributed by atoms with E-state index in [-0.39, 0.29) is 11.5 Å². The standard InChI is InChI=1S/C10H11N5O2/c1-7-4-8(15(16)17)10(13-5-7)14-6-9-11-2-3-12-9/h2-5H,6H2,1H3,(H,11,12)(H,13,14). The number of rotatable bonds is 4. The Morgan fingerprint density at radius 1 is 1.53 bits per heavy atom. The maximum Gasteiger partial charge on any atom is 0.311 e. The fraction of sp³-hybridized carbons (Fsp3) is 0.200. The summed E-state index contributed by atoms with van der Waals surface area (Å²) < 4.78 is 0. The second-order valence-electron chi connectivity index (χ2n) is 3.53. The molecule has 0 fully saturated rings. The third kappa shape index (κ3) is 2.57. The number of aromatic amines is 1. The van der Waals surface area contributed by atoms with Crippen molar-refractivity contribution < 1.29 is 4.92 Å². The molecule has 0 bridgehead atoms. The molecule has 0 unspecified atom stereocenters. The number of anilines is 1. The molecule has 0 atom stereocenters. The summed E-state index contributed by atoms with van der Waals surface area (Å²) in [4.78, 5) is 21.3. The minimum Gasteiger partial charge on any atom is -0.357 e. The van der Waals surface area contributed by atoms with Crippen LogP contribution in [0.15, 0.2) is 24.7 Å². The van der Waals surface area contributed by atoms with Crippen molar-refractivity contribution in [3.05, 3.63) is 46.2 Å². The van der Waals surface area contributed by atoms with E-state index < -0.39 is 4.92 Å². The van der Waals surface area contributed by atoms with Crippen molar-refractivity contribution in [2.75, 3.05) is 5.32 Å². The zero-order valence-electron chi connectivity index (χ0n) is 9.17. The maximum absolute atomic E-state index is 10.8.